The van der Waals surface area contributed by atoms with E-state index in [4.69, 9.17) is 4.42 Å². The lowest BCUT2D eigenvalue weighted by Gasteiger charge is -2.19. The van der Waals surface area contributed by atoms with Gasteiger partial charge in [-0.1, -0.05) is 30.3 Å². The summed E-state index contributed by atoms with van der Waals surface area (Å²) < 4.78 is 5.00. The van der Waals surface area contributed by atoms with Crippen LogP contribution in [-0.2, 0) is 0 Å². The lowest BCUT2D eigenvalue weighted by atomic mass is 10.1. The van der Waals surface area contributed by atoms with Gasteiger partial charge in [-0.3, -0.25) is 4.79 Å². The van der Waals surface area contributed by atoms with Crippen LogP contribution in [0.4, 0.5) is 0 Å². The Morgan fingerprint density at radius 2 is 2.05 bits per heavy atom. The second kappa shape index (κ2) is 6.18. The first kappa shape index (κ1) is 13.3. The highest BCUT2D eigenvalue weighted by atomic mass is 32.2. The molecule has 0 saturated carbocycles. The largest absolute Gasteiger partial charge is 0.472 e. The topological polar surface area (TPSA) is 33.5 Å². The quantitative estimate of drug-likeness (QED) is 0.846. The van der Waals surface area contributed by atoms with Crippen LogP contribution in [-0.4, -0.2) is 29.6 Å². The number of hydrogen-bond acceptors (Lipinski definition) is 3. The average Bonchev–Trinajstić information content (AvgIpc) is 2.92. The van der Waals surface area contributed by atoms with Crippen molar-refractivity contribution in [3.05, 3.63) is 60.1 Å². The van der Waals surface area contributed by atoms with Crippen LogP contribution < -0.4 is 0 Å². The van der Waals surface area contributed by atoms with Crippen molar-refractivity contribution in [1.29, 1.82) is 0 Å². The van der Waals surface area contributed by atoms with Gasteiger partial charge in [0.2, 0.25) is 0 Å². The van der Waals surface area contributed by atoms with Gasteiger partial charge < -0.3 is 9.32 Å². The highest BCUT2D eigenvalue weighted by Crippen LogP contribution is 2.34. The van der Waals surface area contributed by atoms with E-state index >= 15 is 0 Å². The first-order valence-corrected chi connectivity index (χ1v) is 7.87. The minimum atomic E-state index is 0.0769. The predicted molar refractivity (Wildman–Crippen MR) is 80.9 cm³/mol. The molecular weight excluding hydrogens is 270 g/mol. The molecule has 1 aromatic heterocycles. The fourth-order valence-electron chi connectivity index (χ4n) is 2.48. The van der Waals surface area contributed by atoms with Crippen LogP contribution in [0.5, 0.6) is 0 Å². The number of nitrogens with zero attached hydrogens (tertiary/aromatic N) is 1. The van der Waals surface area contributed by atoms with Gasteiger partial charge in [0.25, 0.3) is 5.91 Å². The van der Waals surface area contributed by atoms with E-state index in [1.807, 2.05) is 22.7 Å². The Balaban J connectivity index is 1.67. The minimum absolute atomic E-state index is 0.0769. The zero-order valence-corrected chi connectivity index (χ0v) is 12.0. The summed E-state index contributed by atoms with van der Waals surface area (Å²) in [6.45, 7) is 1.61. The molecule has 4 heteroatoms. The van der Waals surface area contributed by atoms with Gasteiger partial charge in [-0.15, -0.1) is 0 Å². The van der Waals surface area contributed by atoms with E-state index < -0.39 is 0 Å². The molecule has 0 aliphatic carbocycles. The van der Waals surface area contributed by atoms with Crippen LogP contribution >= 0.6 is 11.8 Å². The van der Waals surface area contributed by atoms with Crippen LogP contribution in [0, 0.1) is 0 Å². The van der Waals surface area contributed by atoms with Crippen molar-refractivity contribution in [3.8, 4) is 0 Å². The third-order valence-corrected chi connectivity index (χ3v) is 4.90. The van der Waals surface area contributed by atoms with E-state index in [0.29, 0.717) is 10.8 Å². The summed E-state index contributed by atoms with van der Waals surface area (Å²) >= 11 is 1.94. The summed E-state index contributed by atoms with van der Waals surface area (Å²) in [4.78, 5) is 14.2. The number of carbonyl (C=O) groups is 1. The Hall–Kier alpha value is -1.68. The summed E-state index contributed by atoms with van der Waals surface area (Å²) in [6.07, 6.45) is 4.07. The van der Waals surface area contributed by atoms with E-state index in [-0.39, 0.29) is 5.91 Å². The number of rotatable bonds is 2. The summed E-state index contributed by atoms with van der Waals surface area (Å²) in [7, 11) is 0. The minimum Gasteiger partial charge on any atom is -0.472 e. The van der Waals surface area contributed by atoms with Crippen LogP contribution in [0.3, 0.4) is 0 Å². The van der Waals surface area contributed by atoms with Gasteiger partial charge in [0.15, 0.2) is 0 Å². The third-order valence-electron chi connectivity index (χ3n) is 3.57. The Morgan fingerprint density at radius 1 is 1.20 bits per heavy atom. The molecule has 0 bridgehead atoms. The van der Waals surface area contributed by atoms with Crippen LogP contribution in [0.2, 0.25) is 0 Å². The molecule has 0 unspecified atom stereocenters. The number of benzene rings is 1. The molecule has 0 N–H and O–H groups in total. The maximum absolute atomic E-state index is 12.3. The molecule has 1 aliphatic heterocycles. The number of hydrogen-bond donors (Lipinski definition) is 0. The Labute approximate surface area is 123 Å². The highest BCUT2D eigenvalue weighted by molar-refractivity contribution is 7.99. The highest BCUT2D eigenvalue weighted by Gasteiger charge is 2.23. The lowest BCUT2D eigenvalue weighted by Crippen LogP contribution is -2.32. The second-order valence-electron chi connectivity index (χ2n) is 4.86. The zero-order valence-electron chi connectivity index (χ0n) is 11.2. The maximum Gasteiger partial charge on any atom is 0.257 e. The maximum atomic E-state index is 12.3. The number of carbonyl (C=O) groups excluding carboxylic acids is 1. The van der Waals surface area contributed by atoms with Gasteiger partial charge in [-0.05, 0) is 18.1 Å². The van der Waals surface area contributed by atoms with Crippen LogP contribution in [0.15, 0.2) is 53.3 Å². The molecule has 2 aromatic rings. The summed E-state index contributed by atoms with van der Waals surface area (Å²) in [5.41, 5.74) is 2.00. The van der Waals surface area contributed by atoms with E-state index in [1.54, 1.807) is 12.3 Å². The third kappa shape index (κ3) is 2.90. The molecule has 20 heavy (non-hydrogen) atoms. The van der Waals surface area contributed by atoms with E-state index in [0.717, 1.165) is 25.3 Å². The van der Waals surface area contributed by atoms with E-state index in [9.17, 15) is 4.79 Å². The van der Waals surface area contributed by atoms with Crippen molar-refractivity contribution >= 4 is 17.7 Å². The van der Waals surface area contributed by atoms with Gasteiger partial charge in [0, 0.05) is 24.1 Å². The molecule has 1 saturated heterocycles. The molecule has 3 rings (SSSR count). The van der Waals surface area contributed by atoms with E-state index in [1.165, 1.54) is 11.8 Å². The molecule has 1 amide bonds. The van der Waals surface area contributed by atoms with Crippen molar-refractivity contribution in [2.75, 3.05) is 18.8 Å². The normalized spacial score (nSPS) is 19.6. The Bertz CT molecular complexity index is 553. The van der Waals surface area contributed by atoms with Gasteiger partial charge in [-0.2, -0.15) is 11.8 Å². The molecular formula is C16H17NO2S. The summed E-state index contributed by atoms with van der Waals surface area (Å²) in [5, 5.41) is 0.485. The van der Waals surface area contributed by atoms with Gasteiger partial charge >= 0.3 is 0 Å². The van der Waals surface area contributed by atoms with Crippen molar-refractivity contribution < 1.29 is 9.21 Å². The van der Waals surface area contributed by atoms with Crippen molar-refractivity contribution in [1.82, 2.24) is 4.90 Å². The van der Waals surface area contributed by atoms with Gasteiger partial charge in [-0.25, -0.2) is 0 Å². The summed E-state index contributed by atoms with van der Waals surface area (Å²) in [5.74, 6) is 1.05. The lowest BCUT2D eigenvalue weighted by molar-refractivity contribution is 0.0766. The number of thioether (sulfide) groups is 1. The van der Waals surface area contributed by atoms with Crippen LogP contribution in [0.1, 0.15) is 27.6 Å². The standard InChI is InChI=1S/C16H17NO2S/c18-16(14-7-10-19-12-14)17-8-6-15(20-11-9-17)13-4-2-1-3-5-13/h1-5,7,10,12,15H,6,8-9,11H2/t15-/m1/s1. The van der Waals surface area contributed by atoms with Crippen molar-refractivity contribution in [2.24, 2.45) is 0 Å². The summed E-state index contributed by atoms with van der Waals surface area (Å²) in [6, 6.07) is 12.3. The Morgan fingerprint density at radius 3 is 2.80 bits per heavy atom. The molecule has 3 nitrogen and oxygen atoms in total. The van der Waals surface area contributed by atoms with Crippen molar-refractivity contribution in [3.63, 3.8) is 0 Å². The molecule has 1 aromatic carbocycles. The molecule has 0 radical (unpaired) electrons. The molecule has 0 spiro atoms. The molecule has 2 heterocycles. The number of amides is 1. The van der Waals surface area contributed by atoms with E-state index in [2.05, 4.69) is 24.3 Å². The molecule has 1 atom stereocenters. The smallest absolute Gasteiger partial charge is 0.257 e. The first-order chi connectivity index (χ1) is 9.84. The van der Waals surface area contributed by atoms with Crippen LogP contribution in [0.25, 0.3) is 0 Å². The Kier molecular flexibility index (Phi) is 4.11. The fraction of sp³-hybridized carbons (Fsp3) is 0.312. The molecule has 1 aliphatic rings. The van der Waals surface area contributed by atoms with Gasteiger partial charge in [0.1, 0.15) is 6.26 Å². The fourth-order valence-corrected chi connectivity index (χ4v) is 3.71. The molecule has 104 valence electrons. The van der Waals surface area contributed by atoms with Crippen molar-refractivity contribution in [2.45, 2.75) is 11.7 Å². The average molecular weight is 287 g/mol. The second-order valence-corrected chi connectivity index (χ2v) is 6.17. The SMILES string of the molecule is O=C(c1ccoc1)N1CCS[C@@H](c2ccccc2)CC1. The first-order valence-electron chi connectivity index (χ1n) is 6.82. The zero-order chi connectivity index (χ0) is 13.8. The predicted octanol–water partition coefficient (Wildman–Crippen LogP) is 3.60. The van der Waals surface area contributed by atoms with Gasteiger partial charge in [0.05, 0.1) is 11.8 Å². The number of furan rings is 1. The molecule has 1 fully saturated rings. The monoisotopic (exact) mass is 287 g/mol.